The summed E-state index contributed by atoms with van der Waals surface area (Å²) in [5.74, 6) is 1.49. The maximum Gasteiger partial charge on any atom is 0.160 e. The zero-order chi connectivity index (χ0) is 15.1. The Bertz CT molecular complexity index is 567. The minimum absolute atomic E-state index is 0.130. The van der Waals surface area contributed by atoms with Crippen LogP contribution in [0.3, 0.4) is 0 Å². The van der Waals surface area contributed by atoms with Crippen LogP contribution in [0.2, 0.25) is 0 Å². The van der Waals surface area contributed by atoms with E-state index in [1.165, 1.54) is 7.11 Å². The van der Waals surface area contributed by atoms with Gasteiger partial charge in [-0.15, -0.1) is 0 Å². The molecule has 0 atom stereocenters. The van der Waals surface area contributed by atoms with Crippen LogP contribution in [0.1, 0.15) is 18.9 Å². The highest BCUT2D eigenvalue weighted by atomic mass is 16.5. The van der Waals surface area contributed by atoms with E-state index in [9.17, 15) is 5.11 Å². The highest BCUT2D eigenvalue weighted by Crippen LogP contribution is 2.28. The van der Waals surface area contributed by atoms with E-state index in [4.69, 9.17) is 9.47 Å². The number of hydrogen-bond acceptors (Lipinski definition) is 4. The Morgan fingerprint density at radius 1 is 1.10 bits per heavy atom. The lowest BCUT2D eigenvalue weighted by molar-refractivity contribution is 0.317. The molecule has 0 heterocycles. The second-order valence-electron chi connectivity index (χ2n) is 4.73. The molecule has 0 aliphatic heterocycles. The zero-order valence-corrected chi connectivity index (χ0v) is 12.4. The van der Waals surface area contributed by atoms with E-state index < -0.39 is 0 Å². The average Bonchev–Trinajstić information content (AvgIpc) is 2.52. The van der Waals surface area contributed by atoms with Crippen LogP contribution in [0.4, 0.5) is 5.69 Å². The van der Waals surface area contributed by atoms with Crippen LogP contribution in [0.25, 0.3) is 0 Å². The summed E-state index contributed by atoms with van der Waals surface area (Å²) in [7, 11) is 1.53. The fraction of sp³-hybridized carbons (Fsp3) is 0.294. The van der Waals surface area contributed by atoms with E-state index in [1.807, 2.05) is 30.3 Å². The Kier molecular flexibility index (Phi) is 5.32. The molecule has 0 aromatic heterocycles. The molecule has 2 aromatic carbocycles. The fourth-order valence-corrected chi connectivity index (χ4v) is 1.93. The molecule has 2 rings (SSSR count). The molecule has 2 N–H and O–H groups in total. The van der Waals surface area contributed by atoms with E-state index in [0.717, 1.165) is 30.0 Å². The molecule has 0 fully saturated rings. The van der Waals surface area contributed by atoms with Crippen molar-refractivity contribution >= 4 is 5.69 Å². The second-order valence-corrected chi connectivity index (χ2v) is 4.73. The molecule has 21 heavy (non-hydrogen) atoms. The van der Waals surface area contributed by atoms with Gasteiger partial charge in [0.25, 0.3) is 0 Å². The van der Waals surface area contributed by atoms with Crippen LogP contribution in [-0.2, 0) is 6.54 Å². The van der Waals surface area contributed by atoms with Gasteiger partial charge in [-0.1, -0.05) is 19.1 Å². The van der Waals surface area contributed by atoms with Gasteiger partial charge in [0, 0.05) is 18.3 Å². The highest BCUT2D eigenvalue weighted by molar-refractivity contribution is 5.54. The summed E-state index contributed by atoms with van der Waals surface area (Å²) in [6, 6.07) is 13.3. The molecular weight excluding hydrogens is 266 g/mol. The van der Waals surface area contributed by atoms with Crippen molar-refractivity contribution in [1.82, 2.24) is 0 Å². The van der Waals surface area contributed by atoms with Crippen molar-refractivity contribution in [2.24, 2.45) is 0 Å². The minimum Gasteiger partial charge on any atom is -0.504 e. The number of aromatic hydroxyl groups is 1. The summed E-state index contributed by atoms with van der Waals surface area (Å²) in [4.78, 5) is 0. The molecule has 0 saturated heterocycles. The lowest BCUT2D eigenvalue weighted by Gasteiger charge is -2.10. The Balaban J connectivity index is 1.92. The third-order valence-corrected chi connectivity index (χ3v) is 3.07. The first-order chi connectivity index (χ1) is 10.2. The Morgan fingerprint density at radius 3 is 2.48 bits per heavy atom. The number of phenolic OH excluding ortho intramolecular Hbond substituents is 1. The molecule has 0 aliphatic rings. The van der Waals surface area contributed by atoms with Gasteiger partial charge in [0.1, 0.15) is 5.75 Å². The number of rotatable bonds is 7. The van der Waals surface area contributed by atoms with Crippen LogP contribution in [0, 0.1) is 0 Å². The van der Waals surface area contributed by atoms with Crippen LogP contribution in [0.5, 0.6) is 17.2 Å². The summed E-state index contributed by atoms with van der Waals surface area (Å²) < 4.78 is 10.6. The van der Waals surface area contributed by atoms with Crippen molar-refractivity contribution in [2.45, 2.75) is 19.9 Å². The molecule has 4 nitrogen and oxygen atoms in total. The van der Waals surface area contributed by atoms with E-state index in [-0.39, 0.29) is 5.75 Å². The van der Waals surface area contributed by atoms with Crippen LogP contribution in [0.15, 0.2) is 42.5 Å². The van der Waals surface area contributed by atoms with E-state index in [2.05, 4.69) is 12.2 Å². The first-order valence-corrected chi connectivity index (χ1v) is 7.05. The first-order valence-electron chi connectivity index (χ1n) is 7.05. The van der Waals surface area contributed by atoms with Crippen molar-refractivity contribution in [2.75, 3.05) is 19.0 Å². The predicted molar refractivity (Wildman–Crippen MR) is 84.2 cm³/mol. The smallest absolute Gasteiger partial charge is 0.160 e. The first kappa shape index (κ1) is 15.0. The van der Waals surface area contributed by atoms with Crippen molar-refractivity contribution in [3.05, 3.63) is 48.0 Å². The van der Waals surface area contributed by atoms with Crippen LogP contribution < -0.4 is 14.8 Å². The SMILES string of the molecule is CCCOc1ccc(CNc2ccc(OC)c(O)c2)cc1. The number of methoxy groups -OCH3 is 1. The molecule has 0 saturated carbocycles. The van der Waals surface area contributed by atoms with Gasteiger partial charge in [-0.2, -0.15) is 0 Å². The number of ether oxygens (including phenoxy) is 2. The molecule has 4 heteroatoms. The van der Waals surface area contributed by atoms with Gasteiger partial charge in [0.05, 0.1) is 13.7 Å². The third-order valence-electron chi connectivity index (χ3n) is 3.07. The number of benzene rings is 2. The Labute approximate surface area is 125 Å². The molecule has 0 aliphatic carbocycles. The molecule has 0 amide bonds. The second kappa shape index (κ2) is 7.43. The van der Waals surface area contributed by atoms with Gasteiger partial charge >= 0.3 is 0 Å². The van der Waals surface area contributed by atoms with Gasteiger partial charge in [0.15, 0.2) is 11.5 Å². The van der Waals surface area contributed by atoms with Crippen molar-refractivity contribution in [3.8, 4) is 17.2 Å². The number of anilines is 1. The molecular formula is C17H21NO3. The standard InChI is InChI=1S/C17H21NO3/c1-3-10-21-15-7-4-13(5-8-15)12-18-14-6-9-17(20-2)16(19)11-14/h4-9,11,18-19H,3,10,12H2,1-2H3. The van der Waals surface area contributed by atoms with Crippen molar-refractivity contribution in [1.29, 1.82) is 0 Å². The Hall–Kier alpha value is -2.36. The summed E-state index contributed by atoms with van der Waals surface area (Å²) in [5.41, 5.74) is 1.99. The topological polar surface area (TPSA) is 50.7 Å². The molecule has 0 unspecified atom stereocenters. The Morgan fingerprint density at radius 2 is 1.86 bits per heavy atom. The number of hydrogen-bond donors (Lipinski definition) is 2. The fourth-order valence-electron chi connectivity index (χ4n) is 1.93. The van der Waals surface area contributed by atoms with Crippen molar-refractivity contribution < 1.29 is 14.6 Å². The summed E-state index contributed by atoms with van der Waals surface area (Å²) in [6.45, 7) is 3.51. The lowest BCUT2D eigenvalue weighted by Crippen LogP contribution is -2.00. The number of phenols is 1. The van der Waals surface area contributed by atoms with E-state index >= 15 is 0 Å². The van der Waals surface area contributed by atoms with E-state index in [0.29, 0.717) is 12.3 Å². The average molecular weight is 287 g/mol. The molecule has 0 spiro atoms. The maximum atomic E-state index is 9.73. The molecule has 112 valence electrons. The third kappa shape index (κ3) is 4.31. The largest absolute Gasteiger partial charge is 0.504 e. The quantitative estimate of drug-likeness (QED) is 0.813. The predicted octanol–water partition coefficient (Wildman–Crippen LogP) is 3.80. The lowest BCUT2D eigenvalue weighted by atomic mass is 10.2. The van der Waals surface area contributed by atoms with Crippen LogP contribution >= 0.6 is 0 Å². The highest BCUT2D eigenvalue weighted by Gasteiger charge is 2.02. The van der Waals surface area contributed by atoms with Gasteiger partial charge in [-0.25, -0.2) is 0 Å². The molecule has 0 bridgehead atoms. The zero-order valence-electron chi connectivity index (χ0n) is 12.4. The maximum absolute atomic E-state index is 9.73. The summed E-state index contributed by atoms with van der Waals surface area (Å²) in [6.07, 6.45) is 1.00. The van der Waals surface area contributed by atoms with Crippen LogP contribution in [-0.4, -0.2) is 18.8 Å². The molecule has 2 aromatic rings. The van der Waals surface area contributed by atoms with Gasteiger partial charge < -0.3 is 19.9 Å². The van der Waals surface area contributed by atoms with Gasteiger partial charge in [-0.3, -0.25) is 0 Å². The normalized spacial score (nSPS) is 10.2. The number of nitrogens with one attached hydrogen (secondary N) is 1. The monoisotopic (exact) mass is 287 g/mol. The van der Waals surface area contributed by atoms with Gasteiger partial charge in [-0.05, 0) is 36.2 Å². The summed E-state index contributed by atoms with van der Waals surface area (Å²) in [5, 5.41) is 13.0. The van der Waals surface area contributed by atoms with Gasteiger partial charge in [0.2, 0.25) is 0 Å². The summed E-state index contributed by atoms with van der Waals surface area (Å²) >= 11 is 0. The van der Waals surface area contributed by atoms with E-state index in [1.54, 1.807) is 12.1 Å². The van der Waals surface area contributed by atoms with Crippen molar-refractivity contribution in [3.63, 3.8) is 0 Å². The molecule has 0 radical (unpaired) electrons. The minimum atomic E-state index is 0.130.